The van der Waals surface area contributed by atoms with Crippen LogP contribution in [0.25, 0.3) is 0 Å². The molecule has 0 bridgehead atoms. The Bertz CT molecular complexity index is 183. The van der Waals surface area contributed by atoms with Gasteiger partial charge in [0.05, 0.1) is 11.2 Å². The molecule has 0 saturated carbocycles. The van der Waals surface area contributed by atoms with Crippen LogP contribution >= 0.6 is 0 Å². The fourth-order valence-corrected chi connectivity index (χ4v) is 1.60. The van der Waals surface area contributed by atoms with Crippen LogP contribution in [0.1, 0.15) is 66.2 Å². The van der Waals surface area contributed by atoms with E-state index in [2.05, 4.69) is 13.8 Å². The van der Waals surface area contributed by atoms with Crippen molar-refractivity contribution in [2.75, 3.05) is 0 Å². The van der Waals surface area contributed by atoms with Crippen molar-refractivity contribution in [1.29, 1.82) is 0 Å². The fourth-order valence-electron chi connectivity index (χ4n) is 1.60. The van der Waals surface area contributed by atoms with E-state index in [9.17, 15) is 10.2 Å². The SMILES string of the molecule is CCCCC(C)(O)/C=C/C(C)(O)CCCC. The Morgan fingerprint density at radius 3 is 1.38 bits per heavy atom. The maximum absolute atomic E-state index is 10.0. The third-order valence-corrected chi connectivity index (χ3v) is 2.87. The van der Waals surface area contributed by atoms with Crippen LogP contribution in [0.3, 0.4) is 0 Å². The van der Waals surface area contributed by atoms with Crippen molar-refractivity contribution in [3.8, 4) is 0 Å². The number of hydrogen-bond acceptors (Lipinski definition) is 2. The molecule has 2 atom stereocenters. The molecule has 16 heavy (non-hydrogen) atoms. The van der Waals surface area contributed by atoms with Crippen LogP contribution in [0.5, 0.6) is 0 Å². The van der Waals surface area contributed by atoms with Crippen LogP contribution in [0.2, 0.25) is 0 Å². The van der Waals surface area contributed by atoms with Gasteiger partial charge in [0.1, 0.15) is 0 Å². The van der Waals surface area contributed by atoms with Crippen molar-refractivity contribution in [3.63, 3.8) is 0 Å². The van der Waals surface area contributed by atoms with E-state index in [1.165, 1.54) is 0 Å². The predicted molar refractivity (Wildman–Crippen MR) is 69.4 cm³/mol. The van der Waals surface area contributed by atoms with Gasteiger partial charge >= 0.3 is 0 Å². The minimum atomic E-state index is -0.786. The molecule has 2 heteroatoms. The minimum absolute atomic E-state index is 0.754. The molecule has 0 amide bonds. The molecule has 0 aromatic heterocycles. The number of rotatable bonds is 8. The summed E-state index contributed by atoms with van der Waals surface area (Å²) in [6.45, 7) is 7.82. The molecular formula is C14H28O2. The van der Waals surface area contributed by atoms with Gasteiger partial charge in [0.15, 0.2) is 0 Å². The third kappa shape index (κ3) is 7.89. The Kier molecular flexibility index (Phi) is 6.93. The average Bonchev–Trinajstić information content (AvgIpc) is 2.22. The highest BCUT2D eigenvalue weighted by molar-refractivity contribution is 5.06. The quantitative estimate of drug-likeness (QED) is 0.625. The van der Waals surface area contributed by atoms with Gasteiger partial charge in [-0.05, 0) is 26.7 Å². The standard InChI is InChI=1S/C14H28O2/c1-5-7-9-13(3,15)11-12-14(4,16)10-8-6-2/h11-12,15-16H,5-10H2,1-4H3/b12-11+. The van der Waals surface area contributed by atoms with E-state index in [0.29, 0.717) is 0 Å². The van der Waals surface area contributed by atoms with Crippen molar-refractivity contribution in [2.24, 2.45) is 0 Å². The van der Waals surface area contributed by atoms with Crippen molar-refractivity contribution in [2.45, 2.75) is 77.4 Å². The van der Waals surface area contributed by atoms with E-state index in [-0.39, 0.29) is 0 Å². The lowest BCUT2D eigenvalue weighted by Gasteiger charge is -2.23. The molecule has 0 aliphatic rings. The van der Waals surface area contributed by atoms with Crippen molar-refractivity contribution < 1.29 is 10.2 Å². The van der Waals surface area contributed by atoms with E-state index in [1.807, 2.05) is 0 Å². The summed E-state index contributed by atoms with van der Waals surface area (Å²) >= 11 is 0. The van der Waals surface area contributed by atoms with Gasteiger partial charge in [-0.3, -0.25) is 0 Å². The van der Waals surface area contributed by atoms with E-state index in [1.54, 1.807) is 26.0 Å². The lowest BCUT2D eigenvalue weighted by Crippen LogP contribution is -2.25. The molecule has 0 fully saturated rings. The van der Waals surface area contributed by atoms with Crippen molar-refractivity contribution in [3.05, 3.63) is 12.2 Å². The second-order valence-corrected chi connectivity index (χ2v) is 5.25. The van der Waals surface area contributed by atoms with Gasteiger partial charge in [-0.15, -0.1) is 0 Å². The van der Waals surface area contributed by atoms with Crippen LogP contribution in [0, 0.1) is 0 Å². The summed E-state index contributed by atoms with van der Waals surface area (Å²) in [6, 6.07) is 0. The first-order chi connectivity index (χ1) is 7.33. The highest BCUT2D eigenvalue weighted by atomic mass is 16.3. The first-order valence-electron chi connectivity index (χ1n) is 6.48. The van der Waals surface area contributed by atoms with Crippen LogP contribution in [0.15, 0.2) is 12.2 Å². The molecule has 0 radical (unpaired) electrons. The Morgan fingerprint density at radius 1 is 0.812 bits per heavy atom. The molecule has 0 heterocycles. The van der Waals surface area contributed by atoms with Gasteiger partial charge in [-0.1, -0.05) is 51.7 Å². The molecule has 2 N–H and O–H groups in total. The van der Waals surface area contributed by atoms with Crippen LogP contribution in [-0.2, 0) is 0 Å². The number of hydrogen-bond donors (Lipinski definition) is 2. The molecule has 0 aliphatic carbocycles. The van der Waals surface area contributed by atoms with Crippen molar-refractivity contribution in [1.82, 2.24) is 0 Å². The zero-order valence-corrected chi connectivity index (χ0v) is 11.3. The summed E-state index contributed by atoms with van der Waals surface area (Å²) in [5.41, 5.74) is -1.57. The monoisotopic (exact) mass is 228 g/mol. The number of aliphatic hydroxyl groups is 2. The normalized spacial score (nSPS) is 19.6. The molecule has 0 rings (SSSR count). The molecule has 0 aliphatic heterocycles. The third-order valence-electron chi connectivity index (χ3n) is 2.87. The Hall–Kier alpha value is -0.340. The highest BCUT2D eigenvalue weighted by Crippen LogP contribution is 2.20. The van der Waals surface area contributed by atoms with Crippen LogP contribution in [-0.4, -0.2) is 21.4 Å². The highest BCUT2D eigenvalue weighted by Gasteiger charge is 2.20. The van der Waals surface area contributed by atoms with Gasteiger partial charge in [-0.2, -0.15) is 0 Å². The molecule has 2 nitrogen and oxygen atoms in total. The summed E-state index contributed by atoms with van der Waals surface area (Å²) in [5, 5.41) is 20.1. The van der Waals surface area contributed by atoms with E-state index in [0.717, 1.165) is 38.5 Å². The Morgan fingerprint density at radius 2 is 1.12 bits per heavy atom. The van der Waals surface area contributed by atoms with Gasteiger partial charge in [0.2, 0.25) is 0 Å². The summed E-state index contributed by atoms with van der Waals surface area (Å²) in [4.78, 5) is 0. The first-order valence-corrected chi connectivity index (χ1v) is 6.48. The van der Waals surface area contributed by atoms with Gasteiger partial charge in [-0.25, -0.2) is 0 Å². The van der Waals surface area contributed by atoms with Crippen LogP contribution < -0.4 is 0 Å². The number of unbranched alkanes of at least 4 members (excludes halogenated alkanes) is 2. The summed E-state index contributed by atoms with van der Waals surface area (Å²) in [7, 11) is 0. The molecule has 0 aromatic rings. The van der Waals surface area contributed by atoms with Gasteiger partial charge in [0, 0.05) is 0 Å². The largest absolute Gasteiger partial charge is 0.386 e. The maximum atomic E-state index is 10.0. The average molecular weight is 228 g/mol. The lowest BCUT2D eigenvalue weighted by atomic mass is 9.93. The maximum Gasteiger partial charge on any atom is 0.0800 e. The summed E-state index contributed by atoms with van der Waals surface area (Å²) in [5.74, 6) is 0. The summed E-state index contributed by atoms with van der Waals surface area (Å²) < 4.78 is 0. The predicted octanol–water partition coefficient (Wildman–Crippen LogP) is 3.43. The molecular weight excluding hydrogens is 200 g/mol. The lowest BCUT2D eigenvalue weighted by molar-refractivity contribution is 0.0812. The molecule has 0 spiro atoms. The Balaban J connectivity index is 4.21. The minimum Gasteiger partial charge on any atom is -0.386 e. The molecule has 0 aromatic carbocycles. The van der Waals surface area contributed by atoms with E-state index < -0.39 is 11.2 Å². The fraction of sp³-hybridized carbons (Fsp3) is 0.857. The van der Waals surface area contributed by atoms with E-state index >= 15 is 0 Å². The van der Waals surface area contributed by atoms with Gasteiger partial charge < -0.3 is 10.2 Å². The van der Waals surface area contributed by atoms with Crippen molar-refractivity contribution >= 4 is 0 Å². The Labute approximate surface area is 100 Å². The summed E-state index contributed by atoms with van der Waals surface area (Å²) in [6.07, 6.45) is 9.18. The zero-order chi connectivity index (χ0) is 12.7. The van der Waals surface area contributed by atoms with E-state index in [4.69, 9.17) is 0 Å². The molecule has 2 unspecified atom stereocenters. The first kappa shape index (κ1) is 15.7. The smallest absolute Gasteiger partial charge is 0.0800 e. The molecule has 0 saturated heterocycles. The molecule has 96 valence electrons. The zero-order valence-electron chi connectivity index (χ0n) is 11.3. The topological polar surface area (TPSA) is 40.5 Å². The van der Waals surface area contributed by atoms with Crippen LogP contribution in [0.4, 0.5) is 0 Å². The van der Waals surface area contributed by atoms with Gasteiger partial charge in [0.25, 0.3) is 0 Å². The second kappa shape index (κ2) is 7.08. The second-order valence-electron chi connectivity index (χ2n) is 5.25.